The summed E-state index contributed by atoms with van der Waals surface area (Å²) in [6.45, 7) is 0.352. The highest BCUT2D eigenvalue weighted by Crippen LogP contribution is 2.20. The molecule has 2 rings (SSSR count). The van der Waals surface area contributed by atoms with Crippen LogP contribution in [0.4, 0.5) is 0 Å². The maximum atomic E-state index is 12.3. The molecule has 0 aliphatic carbocycles. The Morgan fingerprint density at radius 2 is 2.07 bits per heavy atom. The molecular weight excluding hydrogens is 392 g/mol. The molecule has 0 aromatic carbocycles. The number of aliphatic hydroxyl groups is 5. The van der Waals surface area contributed by atoms with Crippen molar-refractivity contribution in [2.24, 2.45) is 10.1 Å². The molecule has 0 bridgehead atoms. The van der Waals surface area contributed by atoms with Gasteiger partial charge in [-0.25, -0.2) is 15.3 Å². The number of carbonyl (C=O) groups is 2. The monoisotopic (exact) mass is 412 g/mol. The summed E-state index contributed by atoms with van der Waals surface area (Å²) in [6.07, 6.45) is -4.73. The molecule has 1 aliphatic rings. The largest absolute Gasteiger partial charge is 0.394 e. The molecule has 1 aromatic rings. The molecule has 0 saturated carbocycles. The number of hydrogen-bond acceptors (Lipinski definition) is 11. The molecule has 0 radical (unpaired) electrons. The van der Waals surface area contributed by atoms with E-state index in [-0.39, 0.29) is 11.7 Å². The molecule has 6 N–H and O–H groups in total. The van der Waals surface area contributed by atoms with E-state index in [9.17, 15) is 30.0 Å². The van der Waals surface area contributed by atoms with Crippen molar-refractivity contribution in [3.8, 4) is 0 Å². The minimum absolute atomic E-state index is 0.0115. The number of imide groups is 1. The van der Waals surface area contributed by atoms with Crippen LogP contribution < -0.4 is 5.43 Å². The van der Waals surface area contributed by atoms with E-state index in [1.807, 2.05) is 5.38 Å². The molecule has 0 unspecified atom stereocenters. The molecule has 11 nitrogen and oxygen atoms in total. The molecular formula is C16H20N4O7S. The lowest BCUT2D eigenvalue weighted by Gasteiger charge is -2.23. The number of aliphatic imine (C=N–C) groups is 1. The number of thiophene rings is 1. The second-order valence-corrected chi connectivity index (χ2v) is 6.73. The van der Waals surface area contributed by atoms with Crippen molar-refractivity contribution >= 4 is 41.4 Å². The zero-order chi connectivity index (χ0) is 20.8. The molecule has 2 heterocycles. The lowest BCUT2D eigenvalue weighted by atomic mass is 10.0. The second kappa shape index (κ2) is 9.64. The van der Waals surface area contributed by atoms with Gasteiger partial charge in [0, 0.05) is 11.8 Å². The number of nitrogens with one attached hydrogen (secondary N) is 1. The third kappa shape index (κ3) is 5.07. The van der Waals surface area contributed by atoms with Crippen molar-refractivity contribution in [3.05, 3.63) is 28.1 Å². The number of carbonyl (C=O) groups excluding carboxylic acids is 2. The Morgan fingerprint density at radius 3 is 2.64 bits per heavy atom. The van der Waals surface area contributed by atoms with Gasteiger partial charge in [-0.15, -0.1) is 11.3 Å². The SMILES string of the molecule is CC(=O)N1C(=O)/C(=C/c2cccs2)N=C1N/N=C/[C@H](O)[C@@H](O)[C@@H](O)[C@H](O)CO. The fourth-order valence-electron chi connectivity index (χ4n) is 2.19. The third-order valence-corrected chi connectivity index (χ3v) is 4.49. The van der Waals surface area contributed by atoms with Crippen LogP contribution in [0.25, 0.3) is 6.08 Å². The lowest BCUT2D eigenvalue weighted by Crippen LogP contribution is -2.47. The topological polar surface area (TPSA) is 175 Å². The summed E-state index contributed by atoms with van der Waals surface area (Å²) < 4.78 is 0. The predicted molar refractivity (Wildman–Crippen MR) is 100.0 cm³/mol. The van der Waals surface area contributed by atoms with Gasteiger partial charge in [-0.2, -0.15) is 5.10 Å². The van der Waals surface area contributed by atoms with E-state index in [0.29, 0.717) is 0 Å². The molecule has 4 atom stereocenters. The summed E-state index contributed by atoms with van der Waals surface area (Å²) >= 11 is 1.38. The first-order chi connectivity index (χ1) is 13.3. The van der Waals surface area contributed by atoms with Crippen molar-refractivity contribution in [1.82, 2.24) is 10.3 Å². The van der Waals surface area contributed by atoms with Crippen LogP contribution in [0.3, 0.4) is 0 Å². The fraction of sp³-hybridized carbons (Fsp3) is 0.375. The molecule has 152 valence electrons. The van der Waals surface area contributed by atoms with E-state index in [4.69, 9.17) is 5.11 Å². The maximum Gasteiger partial charge on any atom is 0.286 e. The van der Waals surface area contributed by atoms with Crippen LogP contribution in [-0.4, -0.2) is 85.4 Å². The molecule has 0 spiro atoms. The van der Waals surface area contributed by atoms with Gasteiger partial charge in [0.1, 0.15) is 30.1 Å². The molecule has 28 heavy (non-hydrogen) atoms. The summed E-state index contributed by atoms with van der Waals surface area (Å²) in [4.78, 5) is 29.6. The highest BCUT2D eigenvalue weighted by molar-refractivity contribution is 7.10. The highest BCUT2D eigenvalue weighted by atomic mass is 32.1. The van der Waals surface area contributed by atoms with Gasteiger partial charge < -0.3 is 25.5 Å². The smallest absolute Gasteiger partial charge is 0.286 e. The second-order valence-electron chi connectivity index (χ2n) is 5.75. The first-order valence-electron chi connectivity index (χ1n) is 8.07. The van der Waals surface area contributed by atoms with E-state index in [1.54, 1.807) is 12.1 Å². The van der Waals surface area contributed by atoms with Crippen molar-refractivity contribution in [3.63, 3.8) is 0 Å². The number of nitrogens with zero attached hydrogens (tertiary/aromatic N) is 3. The lowest BCUT2D eigenvalue weighted by molar-refractivity contribution is -0.135. The number of hydrogen-bond donors (Lipinski definition) is 6. The van der Waals surface area contributed by atoms with Crippen molar-refractivity contribution in [2.75, 3.05) is 6.61 Å². The Balaban J connectivity index is 2.11. The van der Waals surface area contributed by atoms with Crippen molar-refractivity contribution in [1.29, 1.82) is 0 Å². The average Bonchev–Trinajstić information content (AvgIpc) is 3.28. The molecule has 0 saturated heterocycles. The Morgan fingerprint density at radius 1 is 1.36 bits per heavy atom. The summed E-state index contributed by atoms with van der Waals surface area (Å²) in [6, 6.07) is 3.56. The number of hydrazone groups is 1. The van der Waals surface area contributed by atoms with Gasteiger partial charge in [0.2, 0.25) is 11.9 Å². The van der Waals surface area contributed by atoms with Crippen molar-refractivity contribution < 1.29 is 35.1 Å². The Kier molecular flexibility index (Phi) is 7.51. The number of aliphatic hydroxyl groups excluding tert-OH is 5. The zero-order valence-electron chi connectivity index (χ0n) is 14.7. The number of guanidine groups is 1. The van der Waals surface area contributed by atoms with Gasteiger partial charge in [0.05, 0.1) is 12.8 Å². The van der Waals surface area contributed by atoms with Gasteiger partial charge >= 0.3 is 0 Å². The van der Waals surface area contributed by atoms with Gasteiger partial charge in [-0.3, -0.25) is 9.59 Å². The maximum absolute atomic E-state index is 12.3. The van der Waals surface area contributed by atoms with E-state index < -0.39 is 42.8 Å². The third-order valence-electron chi connectivity index (χ3n) is 3.67. The molecule has 1 aromatic heterocycles. The summed E-state index contributed by atoms with van der Waals surface area (Å²) in [5.41, 5.74) is 2.33. The summed E-state index contributed by atoms with van der Waals surface area (Å²) in [7, 11) is 0. The van der Waals surface area contributed by atoms with Crippen LogP contribution in [0.2, 0.25) is 0 Å². The van der Waals surface area contributed by atoms with Crippen LogP contribution in [0, 0.1) is 0 Å². The van der Waals surface area contributed by atoms with E-state index in [1.165, 1.54) is 17.4 Å². The van der Waals surface area contributed by atoms with E-state index >= 15 is 0 Å². The number of rotatable bonds is 7. The first kappa shape index (κ1) is 21.8. The van der Waals surface area contributed by atoms with Crippen LogP contribution in [0.1, 0.15) is 11.8 Å². The Hall–Kier alpha value is -2.48. The molecule has 2 amide bonds. The summed E-state index contributed by atoms with van der Waals surface area (Å²) in [5, 5.41) is 52.4. The summed E-state index contributed by atoms with van der Waals surface area (Å²) in [5.74, 6) is -1.46. The predicted octanol–water partition coefficient (Wildman–Crippen LogP) is -2.15. The van der Waals surface area contributed by atoms with Crippen LogP contribution >= 0.6 is 11.3 Å². The fourth-order valence-corrected chi connectivity index (χ4v) is 2.84. The van der Waals surface area contributed by atoms with Crippen LogP contribution in [0.15, 0.2) is 33.3 Å². The molecule has 0 fully saturated rings. The minimum Gasteiger partial charge on any atom is -0.394 e. The normalized spacial score (nSPS) is 20.4. The zero-order valence-corrected chi connectivity index (χ0v) is 15.5. The Bertz CT molecular complexity index is 793. The van der Waals surface area contributed by atoms with Gasteiger partial charge in [0.25, 0.3) is 5.91 Å². The number of amides is 2. The molecule has 1 aliphatic heterocycles. The highest BCUT2D eigenvalue weighted by Gasteiger charge is 2.34. The van der Waals surface area contributed by atoms with Crippen LogP contribution in [0.5, 0.6) is 0 Å². The van der Waals surface area contributed by atoms with Gasteiger partial charge in [0.15, 0.2) is 0 Å². The van der Waals surface area contributed by atoms with Crippen molar-refractivity contribution in [2.45, 2.75) is 31.3 Å². The van der Waals surface area contributed by atoms with Crippen LogP contribution in [-0.2, 0) is 9.59 Å². The minimum atomic E-state index is -1.84. The van der Waals surface area contributed by atoms with Gasteiger partial charge in [-0.1, -0.05) is 6.07 Å². The standard InChI is InChI=1S/C16H20N4O7S/c1-8(22)20-15(27)10(5-9-3-2-4-28-9)18-16(20)19-17-6-11(23)13(25)14(26)12(24)7-21/h2-6,11-14,21,23-26H,7H2,1H3,(H,18,19)/b10-5-,17-6+/t11-,12+,13+,14-/m0/s1. The van der Waals surface area contributed by atoms with E-state index in [2.05, 4.69) is 15.5 Å². The average molecular weight is 412 g/mol. The van der Waals surface area contributed by atoms with E-state index in [0.717, 1.165) is 22.9 Å². The van der Waals surface area contributed by atoms with Gasteiger partial charge in [-0.05, 0) is 17.5 Å². The first-order valence-corrected chi connectivity index (χ1v) is 8.95. The Labute approximate surface area is 163 Å². The quantitative estimate of drug-likeness (QED) is 0.167. The molecule has 12 heteroatoms.